The zero-order valence-electron chi connectivity index (χ0n) is 16.5. The van der Waals surface area contributed by atoms with Crippen molar-refractivity contribution in [1.29, 1.82) is 0 Å². The van der Waals surface area contributed by atoms with Gasteiger partial charge in [0.1, 0.15) is 5.60 Å². The van der Waals surface area contributed by atoms with Gasteiger partial charge in [-0.05, 0) is 45.2 Å². The lowest BCUT2D eigenvalue weighted by Gasteiger charge is -2.22. The van der Waals surface area contributed by atoms with Crippen molar-refractivity contribution in [2.24, 2.45) is 5.92 Å². The largest absolute Gasteiger partial charge is 0.442 e. The Kier molecular flexibility index (Phi) is 6.40. The van der Waals surface area contributed by atoms with Crippen LogP contribution >= 0.6 is 0 Å². The summed E-state index contributed by atoms with van der Waals surface area (Å²) in [6.45, 7) is 8.69. The molecular formula is C19H24N2O7. The summed E-state index contributed by atoms with van der Waals surface area (Å²) in [7, 11) is 0. The predicted molar refractivity (Wildman–Crippen MR) is 96.7 cm³/mol. The number of imide groups is 1. The summed E-state index contributed by atoms with van der Waals surface area (Å²) in [6, 6.07) is 6.14. The van der Waals surface area contributed by atoms with Gasteiger partial charge in [-0.3, -0.25) is 14.4 Å². The quantitative estimate of drug-likeness (QED) is 0.585. The first-order chi connectivity index (χ1) is 13.0. The van der Waals surface area contributed by atoms with Gasteiger partial charge in [0.15, 0.2) is 6.10 Å². The normalized spacial score (nSPS) is 14.7. The highest BCUT2D eigenvalue weighted by Crippen LogP contribution is 2.23. The van der Waals surface area contributed by atoms with Gasteiger partial charge in [0, 0.05) is 0 Å². The number of ether oxygens (including phenoxy) is 1. The maximum atomic E-state index is 12.5. The number of carbonyl (C=O) groups excluding carboxylic acids is 4. The third kappa shape index (κ3) is 5.29. The van der Waals surface area contributed by atoms with Crippen LogP contribution in [0.25, 0.3) is 0 Å². The van der Waals surface area contributed by atoms with E-state index >= 15 is 0 Å². The van der Waals surface area contributed by atoms with Gasteiger partial charge in [0.05, 0.1) is 11.1 Å². The molecule has 1 aromatic rings. The Labute approximate surface area is 162 Å². The van der Waals surface area contributed by atoms with Crippen molar-refractivity contribution in [2.75, 3.05) is 0 Å². The third-order valence-electron chi connectivity index (χ3n) is 3.57. The number of nitrogens with one attached hydrogen (secondary N) is 1. The summed E-state index contributed by atoms with van der Waals surface area (Å²) in [6.07, 6.45) is -1.94. The van der Waals surface area contributed by atoms with E-state index in [-0.39, 0.29) is 23.5 Å². The number of benzene rings is 1. The Hall–Kier alpha value is -2.94. The molecule has 0 aromatic heterocycles. The molecule has 1 atom stereocenters. The smallest absolute Gasteiger partial charge is 0.431 e. The standard InChI is InChI=1S/C19H24N2O7/c1-11(2)10-14(27-20-18(25)26-19(3,4)5)17(24)28-21-15(22)12-8-6-7-9-13(12)16(21)23/h6-9,11,14H,10H2,1-5H3,(H,20,25). The average Bonchev–Trinajstić information content (AvgIpc) is 2.82. The molecule has 1 heterocycles. The Morgan fingerprint density at radius 1 is 1.07 bits per heavy atom. The third-order valence-corrected chi connectivity index (χ3v) is 3.57. The maximum absolute atomic E-state index is 12.5. The zero-order chi connectivity index (χ0) is 21.1. The number of amides is 3. The molecule has 0 radical (unpaired) electrons. The van der Waals surface area contributed by atoms with E-state index in [1.165, 1.54) is 12.1 Å². The predicted octanol–water partition coefficient (Wildman–Crippen LogP) is 2.61. The molecule has 1 unspecified atom stereocenters. The second kappa shape index (κ2) is 8.39. The molecule has 152 valence electrons. The molecule has 0 saturated heterocycles. The fraction of sp³-hybridized carbons (Fsp3) is 0.474. The van der Waals surface area contributed by atoms with Crippen molar-refractivity contribution in [1.82, 2.24) is 10.5 Å². The first-order valence-corrected chi connectivity index (χ1v) is 8.84. The fourth-order valence-electron chi connectivity index (χ4n) is 2.44. The highest BCUT2D eigenvalue weighted by Gasteiger charge is 2.40. The average molecular weight is 392 g/mol. The van der Waals surface area contributed by atoms with Gasteiger partial charge in [-0.1, -0.05) is 31.0 Å². The molecule has 0 bridgehead atoms. The van der Waals surface area contributed by atoms with Crippen LogP contribution in [0.5, 0.6) is 0 Å². The van der Waals surface area contributed by atoms with E-state index in [0.717, 1.165) is 0 Å². The number of hydrogen-bond donors (Lipinski definition) is 1. The topological polar surface area (TPSA) is 111 Å². The zero-order valence-corrected chi connectivity index (χ0v) is 16.5. The molecule has 0 fully saturated rings. The lowest BCUT2D eigenvalue weighted by atomic mass is 10.1. The summed E-state index contributed by atoms with van der Waals surface area (Å²) in [5, 5.41) is 0.400. The maximum Gasteiger partial charge on any atom is 0.431 e. The summed E-state index contributed by atoms with van der Waals surface area (Å²) < 4.78 is 5.04. The van der Waals surface area contributed by atoms with Crippen LogP contribution in [-0.4, -0.2) is 40.6 Å². The second-order valence-corrected chi connectivity index (χ2v) is 7.70. The Morgan fingerprint density at radius 3 is 2.07 bits per heavy atom. The van der Waals surface area contributed by atoms with Crippen molar-refractivity contribution in [3.05, 3.63) is 35.4 Å². The van der Waals surface area contributed by atoms with E-state index in [1.54, 1.807) is 32.9 Å². The molecule has 1 aromatic carbocycles. The Bertz CT molecular complexity index is 748. The van der Waals surface area contributed by atoms with Gasteiger partial charge in [-0.25, -0.2) is 9.59 Å². The molecule has 9 nitrogen and oxygen atoms in total. The molecule has 9 heteroatoms. The summed E-state index contributed by atoms with van der Waals surface area (Å²) in [5.41, 5.74) is 1.58. The van der Waals surface area contributed by atoms with E-state index in [4.69, 9.17) is 14.4 Å². The minimum atomic E-state index is -1.24. The number of nitrogens with zero attached hydrogens (tertiary/aromatic N) is 1. The summed E-state index contributed by atoms with van der Waals surface area (Å²) in [5.74, 6) is -2.46. The minimum Gasteiger partial charge on any atom is -0.442 e. The Morgan fingerprint density at radius 2 is 1.61 bits per heavy atom. The van der Waals surface area contributed by atoms with E-state index in [2.05, 4.69) is 0 Å². The Balaban J connectivity index is 2.04. The molecule has 1 N–H and O–H groups in total. The molecule has 2 rings (SSSR count). The SMILES string of the molecule is CC(C)CC(ONC(=O)OC(C)(C)C)C(=O)ON1C(=O)c2ccccc2C1=O. The van der Waals surface area contributed by atoms with Gasteiger partial charge < -0.3 is 9.57 Å². The molecule has 28 heavy (non-hydrogen) atoms. The van der Waals surface area contributed by atoms with Crippen molar-refractivity contribution < 1.29 is 33.6 Å². The lowest BCUT2D eigenvalue weighted by Crippen LogP contribution is -2.42. The van der Waals surface area contributed by atoms with Crippen LogP contribution in [0.3, 0.4) is 0 Å². The van der Waals surface area contributed by atoms with Crippen molar-refractivity contribution in [3.63, 3.8) is 0 Å². The van der Waals surface area contributed by atoms with Crippen LogP contribution in [0, 0.1) is 5.92 Å². The van der Waals surface area contributed by atoms with Gasteiger partial charge in [-0.2, -0.15) is 5.48 Å². The van der Waals surface area contributed by atoms with Crippen molar-refractivity contribution in [2.45, 2.75) is 52.7 Å². The van der Waals surface area contributed by atoms with Crippen molar-refractivity contribution in [3.8, 4) is 0 Å². The highest BCUT2D eigenvalue weighted by atomic mass is 16.8. The molecule has 1 aliphatic heterocycles. The van der Waals surface area contributed by atoms with Crippen LogP contribution in [-0.2, 0) is 19.2 Å². The number of hydroxylamine groups is 3. The molecule has 0 saturated carbocycles. The lowest BCUT2D eigenvalue weighted by molar-refractivity contribution is -0.187. The van der Waals surface area contributed by atoms with Crippen LogP contribution in [0.2, 0.25) is 0 Å². The molecule has 1 aliphatic rings. The van der Waals surface area contributed by atoms with Crippen LogP contribution in [0.4, 0.5) is 4.79 Å². The van der Waals surface area contributed by atoms with Gasteiger partial charge >= 0.3 is 12.1 Å². The number of rotatable bonds is 6. The fourth-order valence-corrected chi connectivity index (χ4v) is 2.44. The molecule has 0 spiro atoms. The second-order valence-electron chi connectivity index (χ2n) is 7.70. The highest BCUT2D eigenvalue weighted by molar-refractivity contribution is 6.20. The van der Waals surface area contributed by atoms with E-state index in [0.29, 0.717) is 5.06 Å². The minimum absolute atomic E-state index is 0.000153. The summed E-state index contributed by atoms with van der Waals surface area (Å²) in [4.78, 5) is 59.0. The van der Waals surface area contributed by atoms with Gasteiger partial charge in [0.25, 0.3) is 11.8 Å². The van der Waals surface area contributed by atoms with Crippen LogP contribution in [0.1, 0.15) is 61.8 Å². The molecular weight excluding hydrogens is 368 g/mol. The number of hydrogen-bond acceptors (Lipinski definition) is 7. The van der Waals surface area contributed by atoms with Gasteiger partial charge in [0.2, 0.25) is 0 Å². The van der Waals surface area contributed by atoms with Crippen LogP contribution < -0.4 is 5.48 Å². The van der Waals surface area contributed by atoms with E-state index in [9.17, 15) is 19.2 Å². The number of carbonyl (C=O) groups is 4. The van der Waals surface area contributed by atoms with E-state index < -0.39 is 35.6 Å². The van der Waals surface area contributed by atoms with Crippen molar-refractivity contribution >= 4 is 23.9 Å². The van der Waals surface area contributed by atoms with Crippen LogP contribution in [0.15, 0.2) is 24.3 Å². The molecule has 0 aliphatic carbocycles. The molecule has 3 amide bonds. The number of fused-ring (bicyclic) bond motifs is 1. The monoisotopic (exact) mass is 392 g/mol. The summed E-state index contributed by atoms with van der Waals surface area (Å²) >= 11 is 0. The van der Waals surface area contributed by atoms with Gasteiger partial charge in [-0.15, -0.1) is 0 Å². The first-order valence-electron chi connectivity index (χ1n) is 8.84. The first kappa shape index (κ1) is 21.4. The van der Waals surface area contributed by atoms with E-state index in [1.807, 2.05) is 19.3 Å².